The second-order valence-electron chi connectivity index (χ2n) is 5.28. The smallest absolute Gasteiger partial charge is 0.258 e. The molecule has 3 rings (SSSR count). The van der Waals surface area contributed by atoms with E-state index in [9.17, 15) is 9.59 Å². The third-order valence-corrected chi connectivity index (χ3v) is 4.45. The van der Waals surface area contributed by atoms with Crippen molar-refractivity contribution >= 4 is 38.8 Å². The van der Waals surface area contributed by atoms with Gasteiger partial charge in [0.25, 0.3) is 5.56 Å². The number of halogens is 1. The van der Waals surface area contributed by atoms with Crippen molar-refractivity contribution in [1.82, 2.24) is 4.57 Å². The molecule has 1 amide bonds. The summed E-state index contributed by atoms with van der Waals surface area (Å²) in [4.78, 5) is 23.4. The summed E-state index contributed by atoms with van der Waals surface area (Å²) in [5.74, 6) is 0.777. The largest absolute Gasteiger partial charge is 0.497 e. The number of pyridine rings is 1. The minimum Gasteiger partial charge on any atom is -0.497 e. The number of rotatable bonds is 5. The summed E-state index contributed by atoms with van der Waals surface area (Å²) in [7, 11) is 1.62. The van der Waals surface area contributed by atoms with Crippen molar-refractivity contribution in [3.05, 3.63) is 69.1 Å². The molecule has 1 heterocycles. The number of hydrogen-bond donors (Lipinski definition) is 1. The van der Waals surface area contributed by atoms with Crippen LogP contribution in [0.2, 0.25) is 0 Å². The molecule has 0 saturated carbocycles. The molecule has 2 aromatic carbocycles. The van der Waals surface area contributed by atoms with Crippen molar-refractivity contribution in [1.29, 1.82) is 0 Å². The first-order chi connectivity index (χ1) is 11.6. The van der Waals surface area contributed by atoms with E-state index in [0.717, 1.165) is 21.2 Å². The van der Waals surface area contributed by atoms with Crippen LogP contribution in [0.4, 0.5) is 5.69 Å². The Hall–Kier alpha value is -2.60. The van der Waals surface area contributed by atoms with Gasteiger partial charge in [-0.25, -0.2) is 0 Å². The molecule has 0 bridgehead atoms. The molecule has 0 spiro atoms. The van der Waals surface area contributed by atoms with Crippen LogP contribution in [0, 0.1) is 0 Å². The Kier molecular flexibility index (Phi) is 4.66. The van der Waals surface area contributed by atoms with Crippen molar-refractivity contribution in [2.45, 2.75) is 6.54 Å². The molecule has 1 aromatic heterocycles. The van der Waals surface area contributed by atoms with Crippen molar-refractivity contribution in [3.63, 3.8) is 0 Å². The van der Waals surface area contributed by atoms with E-state index in [1.54, 1.807) is 23.9 Å². The van der Waals surface area contributed by atoms with Crippen LogP contribution in [0.1, 0.15) is 5.56 Å². The Balaban J connectivity index is 2.02. The lowest BCUT2D eigenvalue weighted by atomic mass is 10.1. The molecule has 0 aliphatic heterocycles. The molecule has 0 atom stereocenters. The number of fused-ring (bicyclic) bond motifs is 1. The molecule has 1 N–H and O–H groups in total. The molecule has 6 heteroatoms. The molecule has 0 aliphatic carbocycles. The maximum atomic E-state index is 12.7. The Morgan fingerprint density at radius 1 is 1.21 bits per heavy atom. The standard InChI is InChI=1S/C18H15BrN2O3/c1-24-14-4-2-12(3-5-14)10-21-7-6-13-8-16(19)17(20-11-22)9-15(13)18(21)23/h2-9,11H,10H2,1H3,(H,20,22). The summed E-state index contributed by atoms with van der Waals surface area (Å²) >= 11 is 3.39. The zero-order valence-electron chi connectivity index (χ0n) is 13.0. The van der Waals surface area contributed by atoms with Gasteiger partial charge in [0.1, 0.15) is 5.75 Å². The summed E-state index contributed by atoms with van der Waals surface area (Å²) in [6.45, 7) is 0.464. The normalized spacial score (nSPS) is 10.6. The van der Waals surface area contributed by atoms with Gasteiger partial charge in [0.15, 0.2) is 0 Å². The number of anilines is 1. The van der Waals surface area contributed by atoms with Gasteiger partial charge in [-0.05, 0) is 57.2 Å². The molecule has 0 fully saturated rings. The highest BCUT2D eigenvalue weighted by atomic mass is 79.9. The van der Waals surface area contributed by atoms with E-state index in [2.05, 4.69) is 21.2 Å². The fourth-order valence-corrected chi connectivity index (χ4v) is 3.01. The Morgan fingerprint density at radius 2 is 1.96 bits per heavy atom. The number of benzene rings is 2. The molecule has 0 unspecified atom stereocenters. The first kappa shape index (κ1) is 16.3. The number of ether oxygens (including phenoxy) is 1. The first-order valence-corrected chi connectivity index (χ1v) is 8.07. The Labute approximate surface area is 147 Å². The van der Waals surface area contributed by atoms with Gasteiger partial charge in [0.05, 0.1) is 19.3 Å². The minimum atomic E-state index is -0.107. The van der Waals surface area contributed by atoms with Crippen LogP contribution < -0.4 is 15.6 Å². The van der Waals surface area contributed by atoms with Crippen LogP contribution in [0.15, 0.2) is 57.9 Å². The van der Waals surface area contributed by atoms with E-state index in [4.69, 9.17) is 4.74 Å². The molecular weight excluding hydrogens is 372 g/mol. The van der Waals surface area contributed by atoms with Crippen molar-refractivity contribution in [3.8, 4) is 5.75 Å². The van der Waals surface area contributed by atoms with E-state index in [-0.39, 0.29) is 5.56 Å². The molecule has 0 radical (unpaired) electrons. The van der Waals surface area contributed by atoms with Gasteiger partial charge in [-0.1, -0.05) is 12.1 Å². The third kappa shape index (κ3) is 3.19. The molecule has 24 heavy (non-hydrogen) atoms. The lowest BCUT2D eigenvalue weighted by molar-refractivity contribution is -0.105. The summed E-state index contributed by atoms with van der Waals surface area (Å²) < 4.78 is 7.51. The number of carbonyl (C=O) groups is 1. The topological polar surface area (TPSA) is 60.3 Å². The van der Waals surface area contributed by atoms with Crippen LogP contribution in [0.3, 0.4) is 0 Å². The fourth-order valence-electron chi connectivity index (χ4n) is 2.53. The van der Waals surface area contributed by atoms with Gasteiger partial charge in [-0.2, -0.15) is 0 Å². The molecule has 0 aliphatic rings. The van der Waals surface area contributed by atoms with Gasteiger partial charge in [-0.15, -0.1) is 0 Å². The van der Waals surface area contributed by atoms with E-state index < -0.39 is 0 Å². The van der Waals surface area contributed by atoms with Crippen LogP contribution in [0.5, 0.6) is 5.75 Å². The molecule has 0 saturated heterocycles. The van der Waals surface area contributed by atoms with E-state index in [1.165, 1.54) is 0 Å². The van der Waals surface area contributed by atoms with Crippen molar-refractivity contribution < 1.29 is 9.53 Å². The number of aromatic nitrogens is 1. The quantitative estimate of drug-likeness (QED) is 0.683. The average molecular weight is 387 g/mol. The van der Waals surface area contributed by atoms with Gasteiger partial charge in [0.2, 0.25) is 6.41 Å². The number of hydrogen-bond acceptors (Lipinski definition) is 3. The maximum absolute atomic E-state index is 12.7. The first-order valence-electron chi connectivity index (χ1n) is 7.28. The Morgan fingerprint density at radius 3 is 2.62 bits per heavy atom. The lowest BCUT2D eigenvalue weighted by Crippen LogP contribution is -2.20. The van der Waals surface area contributed by atoms with Crippen molar-refractivity contribution in [2.75, 3.05) is 12.4 Å². The molecule has 3 aromatic rings. The Bertz CT molecular complexity index is 949. The van der Waals surface area contributed by atoms with Crippen LogP contribution >= 0.6 is 15.9 Å². The van der Waals surface area contributed by atoms with E-state index in [0.29, 0.717) is 24.0 Å². The third-order valence-electron chi connectivity index (χ3n) is 3.79. The molecule has 5 nitrogen and oxygen atoms in total. The number of carbonyl (C=O) groups excluding carboxylic acids is 1. The monoisotopic (exact) mass is 386 g/mol. The second-order valence-corrected chi connectivity index (χ2v) is 6.13. The predicted octanol–water partition coefficient (Wildman–Crippen LogP) is 3.39. The zero-order chi connectivity index (χ0) is 17.1. The van der Waals surface area contributed by atoms with Crippen LogP contribution in [-0.2, 0) is 11.3 Å². The summed E-state index contributed by atoms with van der Waals surface area (Å²) in [6, 6.07) is 13.0. The molecule has 122 valence electrons. The summed E-state index contributed by atoms with van der Waals surface area (Å²) in [5.41, 5.74) is 1.46. The van der Waals surface area contributed by atoms with Crippen LogP contribution in [0.25, 0.3) is 10.8 Å². The highest BCUT2D eigenvalue weighted by Crippen LogP contribution is 2.26. The van der Waals surface area contributed by atoms with Gasteiger partial charge >= 0.3 is 0 Å². The van der Waals surface area contributed by atoms with E-state index >= 15 is 0 Å². The molecular formula is C18H15BrN2O3. The average Bonchev–Trinajstić information content (AvgIpc) is 2.59. The zero-order valence-corrected chi connectivity index (χ0v) is 14.5. The number of nitrogens with zero attached hydrogens (tertiary/aromatic N) is 1. The second kappa shape index (κ2) is 6.88. The highest BCUT2D eigenvalue weighted by Gasteiger charge is 2.08. The highest BCUT2D eigenvalue weighted by molar-refractivity contribution is 9.10. The predicted molar refractivity (Wildman–Crippen MR) is 97.7 cm³/mol. The number of methoxy groups -OCH3 is 1. The van der Waals surface area contributed by atoms with Crippen LogP contribution in [-0.4, -0.2) is 18.1 Å². The SMILES string of the molecule is COc1ccc(Cn2ccc3cc(Br)c(NC=O)cc3c2=O)cc1. The number of amides is 1. The summed E-state index contributed by atoms with van der Waals surface area (Å²) in [6.07, 6.45) is 2.36. The van der Waals surface area contributed by atoms with Gasteiger partial charge in [0, 0.05) is 16.1 Å². The van der Waals surface area contributed by atoms with Gasteiger partial charge < -0.3 is 14.6 Å². The minimum absolute atomic E-state index is 0.107. The maximum Gasteiger partial charge on any atom is 0.258 e. The van der Waals surface area contributed by atoms with Gasteiger partial charge in [-0.3, -0.25) is 9.59 Å². The lowest BCUT2D eigenvalue weighted by Gasteiger charge is -2.10. The number of nitrogens with one attached hydrogen (secondary N) is 1. The summed E-state index contributed by atoms with van der Waals surface area (Å²) in [5, 5.41) is 3.96. The van der Waals surface area contributed by atoms with E-state index in [1.807, 2.05) is 36.4 Å². The fraction of sp³-hybridized carbons (Fsp3) is 0.111. The van der Waals surface area contributed by atoms with Crippen molar-refractivity contribution in [2.24, 2.45) is 0 Å².